The average Bonchev–Trinajstić information content (AvgIpc) is 2.62. The molecule has 0 unspecified atom stereocenters. The molecule has 0 aliphatic carbocycles. The summed E-state index contributed by atoms with van der Waals surface area (Å²) in [4.78, 5) is 16.8. The van der Waals surface area contributed by atoms with Crippen LogP contribution < -0.4 is 15.4 Å². The third kappa shape index (κ3) is 4.19. The Morgan fingerprint density at radius 1 is 0.962 bits per heavy atom. The first-order chi connectivity index (χ1) is 12.5. The minimum absolute atomic E-state index is 0.241. The number of rotatable bonds is 5. The molecule has 1 aromatic heterocycles. The van der Waals surface area contributed by atoms with E-state index >= 15 is 0 Å². The van der Waals surface area contributed by atoms with Gasteiger partial charge in [-0.05, 0) is 55.3 Å². The molecule has 2 aromatic carbocycles. The fourth-order valence-electron chi connectivity index (χ4n) is 2.64. The lowest BCUT2D eigenvalue weighted by Gasteiger charge is -2.12. The van der Waals surface area contributed by atoms with Gasteiger partial charge in [-0.2, -0.15) is 0 Å². The van der Waals surface area contributed by atoms with Crippen LogP contribution in [0.2, 0.25) is 0 Å². The smallest absolute Gasteiger partial charge is 0.257 e. The molecule has 3 rings (SSSR count). The number of carbonyl (C=O) groups is 1. The lowest BCUT2D eigenvalue weighted by atomic mass is 10.2. The molecule has 0 aliphatic heterocycles. The van der Waals surface area contributed by atoms with Crippen LogP contribution in [-0.4, -0.2) is 18.0 Å². The van der Waals surface area contributed by atoms with E-state index in [1.54, 1.807) is 25.6 Å². The van der Waals surface area contributed by atoms with Crippen molar-refractivity contribution in [3.63, 3.8) is 0 Å². The largest absolute Gasteiger partial charge is 0.495 e. The van der Waals surface area contributed by atoms with E-state index in [0.717, 1.165) is 22.5 Å². The van der Waals surface area contributed by atoms with E-state index < -0.39 is 0 Å². The van der Waals surface area contributed by atoms with E-state index in [9.17, 15) is 4.79 Å². The summed E-state index contributed by atoms with van der Waals surface area (Å²) in [6.45, 7) is 3.99. The predicted molar refractivity (Wildman–Crippen MR) is 104 cm³/mol. The highest BCUT2D eigenvalue weighted by molar-refractivity contribution is 6.05. The lowest BCUT2D eigenvalue weighted by Crippen LogP contribution is -2.13. The molecule has 0 saturated carbocycles. The summed E-state index contributed by atoms with van der Waals surface area (Å²) in [6.07, 6.45) is 3.23. The van der Waals surface area contributed by atoms with Gasteiger partial charge < -0.3 is 15.4 Å². The number of carbonyl (C=O) groups excluding carboxylic acids is 1. The Bertz CT molecular complexity index is 938. The van der Waals surface area contributed by atoms with Crippen molar-refractivity contribution in [1.82, 2.24) is 4.98 Å². The van der Waals surface area contributed by atoms with Crippen LogP contribution in [0, 0.1) is 13.8 Å². The number of anilines is 3. The second kappa shape index (κ2) is 7.70. The van der Waals surface area contributed by atoms with Crippen molar-refractivity contribution < 1.29 is 9.53 Å². The van der Waals surface area contributed by atoms with Gasteiger partial charge in [0.25, 0.3) is 5.91 Å². The third-order valence-electron chi connectivity index (χ3n) is 3.91. The van der Waals surface area contributed by atoms with Crippen LogP contribution >= 0.6 is 0 Å². The fourth-order valence-corrected chi connectivity index (χ4v) is 2.64. The van der Waals surface area contributed by atoms with Crippen molar-refractivity contribution in [2.75, 3.05) is 17.7 Å². The second-order valence-corrected chi connectivity index (χ2v) is 6.11. The van der Waals surface area contributed by atoms with E-state index in [1.165, 1.54) is 0 Å². The van der Waals surface area contributed by atoms with Gasteiger partial charge in [-0.1, -0.05) is 18.2 Å². The molecule has 26 heavy (non-hydrogen) atoms. The predicted octanol–water partition coefficient (Wildman–Crippen LogP) is 4.70. The number of nitrogens with zero attached hydrogens (tertiary/aromatic N) is 1. The van der Waals surface area contributed by atoms with Gasteiger partial charge in [-0.15, -0.1) is 0 Å². The summed E-state index contributed by atoms with van der Waals surface area (Å²) in [5.74, 6) is 0.375. The van der Waals surface area contributed by atoms with E-state index in [2.05, 4.69) is 15.6 Å². The van der Waals surface area contributed by atoms with Crippen LogP contribution in [0.5, 0.6) is 5.75 Å². The molecule has 0 fully saturated rings. The number of nitrogens with one attached hydrogen (secondary N) is 2. The van der Waals surface area contributed by atoms with Crippen LogP contribution in [-0.2, 0) is 0 Å². The molecule has 1 amide bonds. The summed E-state index contributed by atoms with van der Waals surface area (Å²) in [7, 11) is 1.58. The Labute approximate surface area is 153 Å². The Kier molecular flexibility index (Phi) is 5.17. The highest BCUT2D eigenvalue weighted by atomic mass is 16.5. The number of hydrogen-bond acceptors (Lipinski definition) is 4. The van der Waals surface area contributed by atoms with Crippen LogP contribution in [0.1, 0.15) is 21.5 Å². The number of benzene rings is 2. The van der Waals surface area contributed by atoms with Crippen molar-refractivity contribution in [1.29, 1.82) is 0 Å². The molecule has 2 N–H and O–H groups in total. The highest BCUT2D eigenvalue weighted by Gasteiger charge is 2.11. The van der Waals surface area contributed by atoms with Gasteiger partial charge in [-0.3, -0.25) is 9.78 Å². The summed E-state index contributed by atoms with van der Waals surface area (Å²) >= 11 is 0. The summed E-state index contributed by atoms with van der Waals surface area (Å²) < 4.78 is 5.31. The summed E-state index contributed by atoms with van der Waals surface area (Å²) in [5, 5.41) is 6.16. The highest BCUT2D eigenvalue weighted by Crippen LogP contribution is 2.26. The molecular formula is C21H21N3O2. The minimum Gasteiger partial charge on any atom is -0.495 e. The van der Waals surface area contributed by atoms with Crippen LogP contribution in [0.15, 0.2) is 60.9 Å². The first-order valence-electron chi connectivity index (χ1n) is 8.30. The van der Waals surface area contributed by atoms with Crippen LogP contribution in [0.25, 0.3) is 0 Å². The Balaban J connectivity index is 1.79. The minimum atomic E-state index is -0.241. The maximum Gasteiger partial charge on any atom is 0.257 e. The molecule has 0 spiro atoms. The molecule has 0 radical (unpaired) electrons. The molecule has 5 nitrogen and oxygen atoms in total. The maximum absolute atomic E-state index is 12.6. The molecule has 0 saturated heterocycles. The first-order valence-corrected chi connectivity index (χ1v) is 8.30. The lowest BCUT2D eigenvalue weighted by molar-refractivity contribution is 0.102. The van der Waals surface area contributed by atoms with Gasteiger partial charge >= 0.3 is 0 Å². The molecular weight excluding hydrogens is 326 g/mol. The number of hydrogen-bond donors (Lipinski definition) is 2. The van der Waals surface area contributed by atoms with E-state index in [-0.39, 0.29) is 5.91 Å². The molecule has 132 valence electrons. The standard InChI is InChI=1S/C21H21N3O2/c1-14-5-4-6-17(9-14)23-18-11-16(12-22-13-18)21(25)24-19-10-15(2)7-8-20(19)26-3/h4-13,23H,1-3H3,(H,24,25). The topological polar surface area (TPSA) is 63.2 Å². The molecule has 3 aromatic rings. The number of pyridine rings is 1. The van der Waals surface area contributed by atoms with Gasteiger partial charge in [0.1, 0.15) is 5.75 Å². The third-order valence-corrected chi connectivity index (χ3v) is 3.91. The van der Waals surface area contributed by atoms with Crippen LogP contribution in [0.3, 0.4) is 0 Å². The van der Waals surface area contributed by atoms with Gasteiger partial charge in [-0.25, -0.2) is 0 Å². The maximum atomic E-state index is 12.6. The van der Waals surface area contributed by atoms with Crippen molar-refractivity contribution in [3.05, 3.63) is 77.6 Å². The molecule has 0 aliphatic rings. The zero-order valence-corrected chi connectivity index (χ0v) is 15.0. The number of methoxy groups -OCH3 is 1. The quantitative estimate of drug-likeness (QED) is 0.702. The summed E-state index contributed by atoms with van der Waals surface area (Å²) in [6, 6.07) is 15.4. The van der Waals surface area contributed by atoms with Crippen molar-refractivity contribution >= 4 is 23.0 Å². The van der Waals surface area contributed by atoms with E-state index in [0.29, 0.717) is 17.0 Å². The number of aryl methyl sites for hydroxylation is 2. The van der Waals surface area contributed by atoms with Crippen molar-refractivity contribution in [2.45, 2.75) is 13.8 Å². The molecule has 0 bridgehead atoms. The van der Waals surface area contributed by atoms with E-state index in [1.807, 2.05) is 56.3 Å². The number of amides is 1. The monoisotopic (exact) mass is 347 g/mol. The average molecular weight is 347 g/mol. The van der Waals surface area contributed by atoms with Crippen molar-refractivity contribution in [3.8, 4) is 5.75 Å². The normalized spacial score (nSPS) is 10.3. The number of aromatic nitrogens is 1. The van der Waals surface area contributed by atoms with Crippen molar-refractivity contribution in [2.24, 2.45) is 0 Å². The van der Waals surface area contributed by atoms with Gasteiger partial charge in [0.05, 0.1) is 30.2 Å². The molecule has 5 heteroatoms. The zero-order valence-electron chi connectivity index (χ0n) is 15.0. The van der Waals surface area contributed by atoms with Gasteiger partial charge in [0, 0.05) is 11.9 Å². The van der Waals surface area contributed by atoms with Gasteiger partial charge in [0.2, 0.25) is 0 Å². The Morgan fingerprint density at radius 2 is 1.77 bits per heavy atom. The second-order valence-electron chi connectivity index (χ2n) is 6.11. The molecule has 0 atom stereocenters. The van der Waals surface area contributed by atoms with Crippen LogP contribution in [0.4, 0.5) is 17.1 Å². The van der Waals surface area contributed by atoms with Gasteiger partial charge in [0.15, 0.2) is 0 Å². The Morgan fingerprint density at radius 3 is 2.54 bits per heavy atom. The summed E-state index contributed by atoms with van der Waals surface area (Å²) in [5.41, 5.74) is 4.99. The SMILES string of the molecule is COc1ccc(C)cc1NC(=O)c1cncc(Nc2cccc(C)c2)c1. The van der Waals surface area contributed by atoms with E-state index in [4.69, 9.17) is 4.74 Å². The fraction of sp³-hybridized carbons (Fsp3) is 0.143. The first kappa shape index (κ1) is 17.5. The number of ether oxygens (including phenoxy) is 1. The zero-order chi connectivity index (χ0) is 18.5. The molecule has 1 heterocycles. The Hall–Kier alpha value is -3.34.